The average Bonchev–Trinajstić information content (AvgIpc) is 2.37. The van der Waals surface area contributed by atoms with E-state index in [1.807, 2.05) is 0 Å². The summed E-state index contributed by atoms with van der Waals surface area (Å²) < 4.78 is 0. The normalized spacial score (nSPS) is 35.9. The minimum Gasteiger partial charge on any atom is -0.290 e. The minimum atomic E-state index is 0.396. The molecule has 0 N–H and O–H groups in total. The molecule has 1 heteroatoms. The lowest BCUT2D eigenvalue weighted by Crippen LogP contribution is -2.48. The van der Waals surface area contributed by atoms with Crippen LogP contribution in [0.2, 0.25) is 0 Å². The van der Waals surface area contributed by atoms with Gasteiger partial charge in [-0.05, 0) is 24.8 Å². The summed E-state index contributed by atoms with van der Waals surface area (Å²) in [6.45, 7) is 9.56. The van der Waals surface area contributed by atoms with Crippen LogP contribution in [0.1, 0.15) is 33.6 Å². The molecule has 68 valence electrons. The molecule has 2 aliphatic heterocycles. The van der Waals surface area contributed by atoms with Gasteiger partial charge in [0.15, 0.2) is 0 Å². The van der Waals surface area contributed by atoms with Gasteiger partial charge in [-0.25, -0.2) is 0 Å². The predicted molar refractivity (Wildman–Crippen MR) is 52.1 cm³/mol. The van der Waals surface area contributed by atoms with Gasteiger partial charge in [0, 0.05) is 12.1 Å². The van der Waals surface area contributed by atoms with E-state index in [4.69, 9.17) is 0 Å². The number of fused-ring (bicyclic) bond motifs is 1. The molecular weight excluding hydrogens is 146 g/mol. The first kappa shape index (κ1) is 8.31. The monoisotopic (exact) mass is 165 g/mol. The zero-order valence-corrected chi connectivity index (χ0v) is 8.43. The van der Waals surface area contributed by atoms with Gasteiger partial charge in [-0.15, -0.1) is 0 Å². The summed E-state index contributed by atoms with van der Waals surface area (Å²) in [5, 5.41) is 0. The molecular formula is C11H19N. The van der Waals surface area contributed by atoms with E-state index in [2.05, 4.69) is 37.8 Å². The topological polar surface area (TPSA) is 3.24 Å². The molecule has 0 spiro atoms. The van der Waals surface area contributed by atoms with Crippen LogP contribution < -0.4 is 0 Å². The molecule has 0 bridgehead atoms. The Morgan fingerprint density at radius 3 is 2.67 bits per heavy atom. The van der Waals surface area contributed by atoms with Crippen molar-refractivity contribution in [2.45, 2.75) is 39.2 Å². The smallest absolute Gasteiger partial charge is 0.0443 e. The van der Waals surface area contributed by atoms with Gasteiger partial charge in [0.1, 0.15) is 0 Å². The van der Waals surface area contributed by atoms with Crippen molar-refractivity contribution in [3.63, 3.8) is 0 Å². The average molecular weight is 165 g/mol. The molecule has 1 unspecified atom stereocenters. The molecule has 2 heterocycles. The van der Waals surface area contributed by atoms with E-state index < -0.39 is 0 Å². The van der Waals surface area contributed by atoms with Crippen LogP contribution in [0.25, 0.3) is 0 Å². The molecule has 1 fully saturated rings. The number of hydrogen-bond donors (Lipinski definition) is 0. The molecule has 1 saturated heterocycles. The van der Waals surface area contributed by atoms with Gasteiger partial charge in [-0.3, -0.25) is 4.90 Å². The third-order valence-electron chi connectivity index (χ3n) is 3.57. The van der Waals surface area contributed by atoms with E-state index >= 15 is 0 Å². The Morgan fingerprint density at radius 2 is 2.08 bits per heavy atom. The SMILES string of the molecule is CC(C)(C)C12C=CCN1CCC2. The Hall–Kier alpha value is -0.300. The molecule has 1 atom stereocenters. The summed E-state index contributed by atoms with van der Waals surface area (Å²) in [5.41, 5.74) is 0.795. The zero-order chi connectivity index (χ0) is 8.82. The summed E-state index contributed by atoms with van der Waals surface area (Å²) in [5.74, 6) is 0. The van der Waals surface area contributed by atoms with Crippen molar-refractivity contribution in [1.82, 2.24) is 4.90 Å². The highest BCUT2D eigenvalue weighted by atomic mass is 15.2. The van der Waals surface area contributed by atoms with Crippen LogP contribution in [-0.4, -0.2) is 23.5 Å². The van der Waals surface area contributed by atoms with E-state index in [1.165, 1.54) is 25.9 Å². The molecule has 1 nitrogen and oxygen atoms in total. The van der Waals surface area contributed by atoms with Gasteiger partial charge in [0.2, 0.25) is 0 Å². The highest BCUT2D eigenvalue weighted by Crippen LogP contribution is 2.46. The van der Waals surface area contributed by atoms with Crippen LogP contribution in [0, 0.1) is 5.41 Å². The maximum atomic E-state index is 2.63. The second-order valence-corrected chi connectivity index (χ2v) is 5.13. The lowest BCUT2D eigenvalue weighted by Gasteiger charge is -2.43. The van der Waals surface area contributed by atoms with Crippen molar-refractivity contribution in [3.05, 3.63) is 12.2 Å². The van der Waals surface area contributed by atoms with Crippen molar-refractivity contribution in [2.75, 3.05) is 13.1 Å². The van der Waals surface area contributed by atoms with E-state index in [0.29, 0.717) is 11.0 Å². The van der Waals surface area contributed by atoms with Crippen LogP contribution in [0.5, 0.6) is 0 Å². The van der Waals surface area contributed by atoms with Gasteiger partial charge in [0.05, 0.1) is 0 Å². The van der Waals surface area contributed by atoms with Crippen LogP contribution in [0.15, 0.2) is 12.2 Å². The third kappa shape index (κ3) is 0.891. The van der Waals surface area contributed by atoms with Crippen LogP contribution in [0.3, 0.4) is 0 Å². The van der Waals surface area contributed by atoms with Gasteiger partial charge in [-0.1, -0.05) is 32.9 Å². The van der Waals surface area contributed by atoms with Crippen LogP contribution in [-0.2, 0) is 0 Å². The highest BCUT2D eigenvalue weighted by Gasteiger charge is 2.48. The first-order valence-corrected chi connectivity index (χ1v) is 4.99. The number of rotatable bonds is 0. The lowest BCUT2D eigenvalue weighted by molar-refractivity contribution is 0.0944. The van der Waals surface area contributed by atoms with Gasteiger partial charge < -0.3 is 0 Å². The van der Waals surface area contributed by atoms with Crippen LogP contribution >= 0.6 is 0 Å². The molecule has 0 saturated carbocycles. The third-order valence-corrected chi connectivity index (χ3v) is 3.57. The van der Waals surface area contributed by atoms with Crippen molar-refractivity contribution in [1.29, 1.82) is 0 Å². The van der Waals surface area contributed by atoms with E-state index in [-0.39, 0.29) is 0 Å². The summed E-state index contributed by atoms with van der Waals surface area (Å²) in [7, 11) is 0. The summed E-state index contributed by atoms with van der Waals surface area (Å²) in [4.78, 5) is 2.63. The molecule has 0 amide bonds. The molecule has 0 aromatic heterocycles. The molecule has 0 aliphatic carbocycles. The second kappa shape index (κ2) is 2.35. The van der Waals surface area contributed by atoms with E-state index in [1.54, 1.807) is 0 Å². The first-order chi connectivity index (χ1) is 5.56. The Labute approximate surface area is 75.4 Å². The van der Waals surface area contributed by atoms with Gasteiger partial charge >= 0.3 is 0 Å². The van der Waals surface area contributed by atoms with Crippen molar-refractivity contribution >= 4 is 0 Å². The first-order valence-electron chi connectivity index (χ1n) is 4.99. The highest BCUT2D eigenvalue weighted by molar-refractivity contribution is 5.22. The Bertz CT molecular complexity index is 212. The lowest BCUT2D eigenvalue weighted by atomic mass is 9.73. The van der Waals surface area contributed by atoms with Gasteiger partial charge in [0.25, 0.3) is 0 Å². The summed E-state index contributed by atoms with van der Waals surface area (Å²) in [6, 6.07) is 0. The fourth-order valence-corrected chi connectivity index (χ4v) is 2.81. The fraction of sp³-hybridized carbons (Fsp3) is 0.818. The van der Waals surface area contributed by atoms with E-state index in [0.717, 1.165) is 0 Å². The maximum absolute atomic E-state index is 2.63. The Balaban J connectivity index is 2.34. The fourth-order valence-electron chi connectivity index (χ4n) is 2.81. The maximum Gasteiger partial charge on any atom is 0.0443 e. The Morgan fingerprint density at radius 1 is 1.33 bits per heavy atom. The molecule has 0 aromatic carbocycles. The van der Waals surface area contributed by atoms with Gasteiger partial charge in [-0.2, -0.15) is 0 Å². The van der Waals surface area contributed by atoms with Crippen LogP contribution in [0.4, 0.5) is 0 Å². The standard InChI is InChI=1S/C11H19N/c1-10(2,3)11-6-4-8-12(11)9-5-7-11/h4,6H,5,7-9H2,1-3H3. The zero-order valence-electron chi connectivity index (χ0n) is 8.43. The summed E-state index contributed by atoms with van der Waals surface area (Å²) in [6.07, 6.45) is 7.51. The molecule has 0 radical (unpaired) electrons. The molecule has 2 aliphatic rings. The summed E-state index contributed by atoms with van der Waals surface area (Å²) >= 11 is 0. The predicted octanol–water partition coefficient (Wildman–Crippen LogP) is 2.44. The van der Waals surface area contributed by atoms with Crippen molar-refractivity contribution in [3.8, 4) is 0 Å². The number of hydrogen-bond acceptors (Lipinski definition) is 1. The quantitative estimate of drug-likeness (QED) is 0.498. The van der Waals surface area contributed by atoms with Crippen molar-refractivity contribution < 1.29 is 0 Å². The second-order valence-electron chi connectivity index (χ2n) is 5.13. The van der Waals surface area contributed by atoms with Crippen molar-refractivity contribution in [2.24, 2.45) is 5.41 Å². The Kier molecular flexibility index (Phi) is 1.63. The molecule has 2 rings (SSSR count). The number of nitrogens with zero attached hydrogens (tertiary/aromatic N) is 1. The molecule has 12 heavy (non-hydrogen) atoms. The van der Waals surface area contributed by atoms with E-state index in [9.17, 15) is 0 Å². The largest absolute Gasteiger partial charge is 0.290 e. The molecule has 0 aromatic rings. The minimum absolute atomic E-state index is 0.396.